The van der Waals surface area contributed by atoms with E-state index in [9.17, 15) is 9.59 Å². The molecule has 0 aliphatic heterocycles. The second kappa shape index (κ2) is 13.1. The number of nitrogens with one attached hydrogen (secondary N) is 1. The minimum atomic E-state index is -0.557. The van der Waals surface area contributed by atoms with Crippen LogP contribution >= 0.6 is 0 Å². The molecule has 4 nitrogen and oxygen atoms in total. The van der Waals surface area contributed by atoms with E-state index in [2.05, 4.69) is 36.5 Å². The van der Waals surface area contributed by atoms with Crippen molar-refractivity contribution in [3.63, 3.8) is 0 Å². The lowest BCUT2D eigenvalue weighted by Crippen LogP contribution is -2.52. The second-order valence-electron chi connectivity index (χ2n) is 10.0. The van der Waals surface area contributed by atoms with E-state index in [1.54, 1.807) is 0 Å². The van der Waals surface area contributed by atoms with Crippen molar-refractivity contribution in [3.05, 3.63) is 107 Å². The van der Waals surface area contributed by atoms with E-state index < -0.39 is 6.04 Å². The third kappa shape index (κ3) is 7.55. The number of rotatable bonds is 10. The summed E-state index contributed by atoms with van der Waals surface area (Å²) in [7, 11) is 0. The quantitative estimate of drug-likeness (QED) is 0.384. The highest BCUT2D eigenvalue weighted by molar-refractivity contribution is 5.88. The average molecular weight is 483 g/mol. The summed E-state index contributed by atoms with van der Waals surface area (Å²) >= 11 is 0. The van der Waals surface area contributed by atoms with Crippen LogP contribution in [0.4, 0.5) is 0 Å². The second-order valence-corrected chi connectivity index (χ2v) is 10.0. The van der Waals surface area contributed by atoms with E-state index in [1.807, 2.05) is 65.6 Å². The fourth-order valence-corrected chi connectivity index (χ4v) is 5.15. The Morgan fingerprint density at radius 2 is 1.47 bits per heavy atom. The molecular formula is C32H38N2O2. The fraction of sp³-hybridized carbons (Fsp3) is 0.375. The Labute approximate surface area is 215 Å². The molecule has 2 amide bonds. The standard InChI is InChI=1S/C32H38N2O2/c1-25-12-11-17-28(22-25)24-34(31(35)21-20-26-13-5-2-6-14-26)30(23-27-15-7-3-8-16-27)32(36)33-29-18-9-4-10-19-29/h2-3,5-8,11-17,22,29-30H,4,9-10,18-21,23-24H2,1H3,(H,33,36)/t30-/m1/s1. The minimum absolute atomic E-state index is 0.0140. The zero-order chi connectivity index (χ0) is 25.2. The summed E-state index contributed by atoms with van der Waals surface area (Å²) in [5.74, 6) is -0.0217. The van der Waals surface area contributed by atoms with Crippen molar-refractivity contribution in [2.75, 3.05) is 0 Å². The highest BCUT2D eigenvalue weighted by atomic mass is 16.2. The first-order valence-corrected chi connectivity index (χ1v) is 13.3. The van der Waals surface area contributed by atoms with Gasteiger partial charge in [0.05, 0.1) is 0 Å². The molecule has 0 heterocycles. The molecule has 0 aromatic heterocycles. The summed E-state index contributed by atoms with van der Waals surface area (Å²) in [6.45, 7) is 2.48. The Kier molecular flexibility index (Phi) is 9.32. The van der Waals surface area contributed by atoms with E-state index in [1.165, 1.54) is 6.42 Å². The maximum Gasteiger partial charge on any atom is 0.243 e. The SMILES string of the molecule is Cc1cccc(CN(C(=O)CCc2ccccc2)[C@H](Cc2ccccc2)C(=O)NC2CCCCC2)c1. The third-order valence-corrected chi connectivity index (χ3v) is 7.13. The molecule has 4 heteroatoms. The van der Waals surface area contributed by atoms with Gasteiger partial charge in [0.2, 0.25) is 11.8 Å². The molecule has 1 aliphatic carbocycles. The molecule has 0 radical (unpaired) electrons. The monoisotopic (exact) mass is 482 g/mol. The molecule has 188 valence electrons. The predicted molar refractivity (Wildman–Crippen MR) is 145 cm³/mol. The van der Waals surface area contributed by atoms with Crippen LogP contribution < -0.4 is 5.32 Å². The van der Waals surface area contributed by atoms with E-state index in [-0.39, 0.29) is 17.9 Å². The van der Waals surface area contributed by atoms with Crippen molar-refractivity contribution in [1.82, 2.24) is 10.2 Å². The molecule has 3 aromatic carbocycles. The van der Waals surface area contributed by atoms with Crippen LogP contribution in [-0.2, 0) is 29.0 Å². The number of hydrogen-bond donors (Lipinski definition) is 1. The molecule has 3 aromatic rings. The number of aryl methyl sites for hydroxylation is 2. The van der Waals surface area contributed by atoms with Crippen LogP contribution in [0.5, 0.6) is 0 Å². The molecular weight excluding hydrogens is 444 g/mol. The topological polar surface area (TPSA) is 49.4 Å². The van der Waals surface area contributed by atoms with Crippen molar-refractivity contribution in [2.24, 2.45) is 0 Å². The van der Waals surface area contributed by atoms with Gasteiger partial charge in [-0.1, -0.05) is 110 Å². The average Bonchev–Trinajstić information content (AvgIpc) is 2.91. The lowest BCUT2D eigenvalue weighted by Gasteiger charge is -2.33. The van der Waals surface area contributed by atoms with Gasteiger partial charge in [-0.2, -0.15) is 0 Å². The molecule has 1 aliphatic rings. The molecule has 1 saturated carbocycles. The Balaban J connectivity index is 1.60. The van der Waals surface area contributed by atoms with E-state index in [4.69, 9.17) is 0 Å². The lowest BCUT2D eigenvalue weighted by atomic mass is 9.94. The van der Waals surface area contributed by atoms with E-state index in [0.717, 1.165) is 47.9 Å². The molecule has 1 atom stereocenters. The molecule has 1 fully saturated rings. The number of carbonyl (C=O) groups excluding carboxylic acids is 2. The maximum atomic E-state index is 13.8. The van der Waals surface area contributed by atoms with Gasteiger partial charge in [-0.05, 0) is 42.9 Å². The number of nitrogens with zero attached hydrogens (tertiary/aromatic N) is 1. The summed E-state index contributed by atoms with van der Waals surface area (Å²) in [4.78, 5) is 29.4. The van der Waals surface area contributed by atoms with Crippen LogP contribution in [0.2, 0.25) is 0 Å². The first-order valence-electron chi connectivity index (χ1n) is 13.3. The molecule has 0 spiro atoms. The Morgan fingerprint density at radius 3 is 2.14 bits per heavy atom. The lowest BCUT2D eigenvalue weighted by molar-refractivity contribution is -0.141. The Hall–Kier alpha value is -3.40. The van der Waals surface area contributed by atoms with Gasteiger partial charge in [0.1, 0.15) is 6.04 Å². The van der Waals surface area contributed by atoms with Crippen LogP contribution in [0.15, 0.2) is 84.9 Å². The third-order valence-electron chi connectivity index (χ3n) is 7.13. The Bertz CT molecular complexity index is 1110. The van der Waals surface area contributed by atoms with Crippen molar-refractivity contribution >= 4 is 11.8 Å². The normalized spacial score (nSPS) is 14.7. The van der Waals surface area contributed by atoms with Gasteiger partial charge < -0.3 is 10.2 Å². The summed E-state index contributed by atoms with van der Waals surface area (Å²) in [6, 6.07) is 28.0. The number of benzene rings is 3. The maximum absolute atomic E-state index is 13.8. The molecule has 36 heavy (non-hydrogen) atoms. The van der Waals surface area contributed by atoms with Crippen molar-refractivity contribution in [3.8, 4) is 0 Å². The van der Waals surface area contributed by atoms with Gasteiger partial charge >= 0.3 is 0 Å². The van der Waals surface area contributed by atoms with E-state index >= 15 is 0 Å². The first-order chi connectivity index (χ1) is 17.6. The largest absolute Gasteiger partial charge is 0.352 e. The smallest absolute Gasteiger partial charge is 0.243 e. The van der Waals surface area contributed by atoms with Gasteiger partial charge in [0.25, 0.3) is 0 Å². The highest BCUT2D eigenvalue weighted by Gasteiger charge is 2.31. The van der Waals surface area contributed by atoms with Gasteiger partial charge in [-0.25, -0.2) is 0 Å². The summed E-state index contributed by atoms with van der Waals surface area (Å²) in [5.41, 5.74) is 4.39. The molecule has 0 bridgehead atoms. The van der Waals surface area contributed by atoms with Crippen molar-refractivity contribution in [2.45, 2.75) is 76.9 Å². The zero-order valence-corrected chi connectivity index (χ0v) is 21.4. The van der Waals surface area contributed by atoms with Crippen LogP contribution in [0.1, 0.15) is 60.8 Å². The van der Waals surface area contributed by atoms with Gasteiger partial charge in [0, 0.05) is 25.4 Å². The van der Waals surface area contributed by atoms with Crippen LogP contribution in [0, 0.1) is 6.92 Å². The molecule has 0 saturated heterocycles. The fourth-order valence-electron chi connectivity index (χ4n) is 5.15. The number of amides is 2. The Morgan fingerprint density at radius 1 is 0.833 bits per heavy atom. The predicted octanol–water partition coefficient (Wildman–Crippen LogP) is 6.02. The molecule has 0 unspecified atom stereocenters. The van der Waals surface area contributed by atoms with Gasteiger partial charge in [-0.3, -0.25) is 9.59 Å². The number of hydrogen-bond acceptors (Lipinski definition) is 2. The highest BCUT2D eigenvalue weighted by Crippen LogP contribution is 2.21. The van der Waals surface area contributed by atoms with Crippen LogP contribution in [0.3, 0.4) is 0 Å². The zero-order valence-electron chi connectivity index (χ0n) is 21.4. The van der Waals surface area contributed by atoms with Crippen LogP contribution in [0.25, 0.3) is 0 Å². The van der Waals surface area contributed by atoms with Gasteiger partial charge in [-0.15, -0.1) is 0 Å². The van der Waals surface area contributed by atoms with E-state index in [0.29, 0.717) is 25.8 Å². The van der Waals surface area contributed by atoms with Crippen molar-refractivity contribution in [1.29, 1.82) is 0 Å². The van der Waals surface area contributed by atoms with Crippen molar-refractivity contribution < 1.29 is 9.59 Å². The number of carbonyl (C=O) groups is 2. The molecule has 4 rings (SSSR count). The molecule has 1 N–H and O–H groups in total. The van der Waals surface area contributed by atoms with Gasteiger partial charge in [0.15, 0.2) is 0 Å². The summed E-state index contributed by atoms with van der Waals surface area (Å²) < 4.78 is 0. The summed E-state index contributed by atoms with van der Waals surface area (Å²) in [5, 5.41) is 3.31. The van der Waals surface area contributed by atoms with Crippen LogP contribution in [-0.4, -0.2) is 28.8 Å². The first kappa shape index (κ1) is 25.7. The summed E-state index contributed by atoms with van der Waals surface area (Å²) in [6.07, 6.45) is 7.10. The minimum Gasteiger partial charge on any atom is -0.352 e.